The minimum atomic E-state index is -0.662. The fourth-order valence-electron chi connectivity index (χ4n) is 2.35. The van der Waals surface area contributed by atoms with E-state index in [-0.39, 0.29) is 0 Å². The van der Waals surface area contributed by atoms with Crippen molar-refractivity contribution in [2.24, 2.45) is 0 Å². The molecule has 94 valence electrons. The molecule has 3 rings (SSSR count). The Morgan fingerprint density at radius 2 is 1.58 bits per heavy atom. The van der Waals surface area contributed by atoms with Crippen molar-refractivity contribution < 1.29 is 5.11 Å². The van der Waals surface area contributed by atoms with E-state index in [2.05, 4.69) is 0 Å². The number of halogens is 1. The quantitative estimate of drug-likeness (QED) is 0.722. The van der Waals surface area contributed by atoms with E-state index < -0.39 is 6.10 Å². The van der Waals surface area contributed by atoms with Gasteiger partial charge in [-0.05, 0) is 34.0 Å². The van der Waals surface area contributed by atoms with Gasteiger partial charge in [-0.3, -0.25) is 0 Å². The second kappa shape index (κ2) is 5.04. The molecule has 3 aromatic carbocycles. The van der Waals surface area contributed by atoms with Crippen molar-refractivity contribution in [1.29, 1.82) is 0 Å². The normalized spacial score (nSPS) is 12.5. The van der Waals surface area contributed by atoms with Gasteiger partial charge in [0.15, 0.2) is 0 Å². The second-order valence-electron chi connectivity index (χ2n) is 4.53. The Morgan fingerprint density at radius 3 is 2.42 bits per heavy atom. The molecule has 1 nitrogen and oxygen atoms in total. The van der Waals surface area contributed by atoms with Crippen LogP contribution in [0.4, 0.5) is 0 Å². The molecule has 3 aromatic rings. The highest BCUT2D eigenvalue weighted by molar-refractivity contribution is 6.30. The van der Waals surface area contributed by atoms with Gasteiger partial charge in [0.2, 0.25) is 0 Å². The molecule has 0 bridgehead atoms. The van der Waals surface area contributed by atoms with Gasteiger partial charge >= 0.3 is 0 Å². The first kappa shape index (κ1) is 12.2. The van der Waals surface area contributed by atoms with E-state index in [0.717, 1.165) is 21.9 Å². The molecule has 0 fully saturated rings. The van der Waals surface area contributed by atoms with Gasteiger partial charge in [-0.1, -0.05) is 66.2 Å². The Labute approximate surface area is 117 Å². The Balaban J connectivity index is 2.14. The molecule has 0 saturated carbocycles. The summed E-state index contributed by atoms with van der Waals surface area (Å²) >= 11 is 5.98. The molecular weight excluding hydrogens is 256 g/mol. The highest BCUT2D eigenvalue weighted by atomic mass is 35.5. The fraction of sp³-hybridized carbons (Fsp3) is 0.0588. The third kappa shape index (κ3) is 2.35. The Hall–Kier alpha value is -1.83. The van der Waals surface area contributed by atoms with Crippen LogP contribution in [0.1, 0.15) is 17.2 Å². The maximum absolute atomic E-state index is 10.6. The molecule has 0 amide bonds. The van der Waals surface area contributed by atoms with Gasteiger partial charge in [-0.25, -0.2) is 0 Å². The lowest BCUT2D eigenvalue weighted by Crippen LogP contribution is -2.00. The van der Waals surface area contributed by atoms with E-state index in [4.69, 9.17) is 11.6 Å². The lowest BCUT2D eigenvalue weighted by atomic mass is 9.96. The van der Waals surface area contributed by atoms with Crippen molar-refractivity contribution in [2.75, 3.05) is 0 Å². The van der Waals surface area contributed by atoms with Crippen molar-refractivity contribution in [3.8, 4) is 0 Å². The van der Waals surface area contributed by atoms with Crippen LogP contribution in [0.3, 0.4) is 0 Å². The molecule has 1 N–H and O–H groups in total. The van der Waals surface area contributed by atoms with Gasteiger partial charge < -0.3 is 5.11 Å². The number of aliphatic hydroxyl groups is 1. The molecular formula is C17H13ClO. The molecule has 2 heteroatoms. The first-order valence-corrected chi connectivity index (χ1v) is 6.55. The van der Waals surface area contributed by atoms with Crippen LogP contribution in [0.25, 0.3) is 10.8 Å². The maximum atomic E-state index is 10.6. The monoisotopic (exact) mass is 268 g/mol. The molecule has 0 aromatic heterocycles. The van der Waals surface area contributed by atoms with Crippen LogP contribution in [-0.4, -0.2) is 5.11 Å². The second-order valence-corrected chi connectivity index (χ2v) is 4.96. The Kier molecular flexibility index (Phi) is 3.24. The molecule has 0 radical (unpaired) electrons. The minimum absolute atomic E-state index is 0.636. The average molecular weight is 269 g/mol. The van der Waals surface area contributed by atoms with Crippen LogP contribution >= 0.6 is 11.6 Å². The summed E-state index contributed by atoms with van der Waals surface area (Å²) in [6.07, 6.45) is -0.662. The zero-order valence-electron chi connectivity index (χ0n) is 10.3. The Morgan fingerprint density at radius 1 is 0.842 bits per heavy atom. The van der Waals surface area contributed by atoms with Gasteiger partial charge in [-0.2, -0.15) is 0 Å². The summed E-state index contributed by atoms with van der Waals surface area (Å²) in [5, 5.41) is 13.4. The van der Waals surface area contributed by atoms with Crippen LogP contribution in [0.2, 0.25) is 5.02 Å². The minimum Gasteiger partial charge on any atom is -0.384 e. The third-order valence-corrected chi connectivity index (χ3v) is 3.52. The summed E-state index contributed by atoms with van der Waals surface area (Å²) < 4.78 is 0. The number of benzene rings is 3. The highest BCUT2D eigenvalue weighted by Crippen LogP contribution is 2.29. The summed E-state index contributed by atoms with van der Waals surface area (Å²) in [6, 6.07) is 21.4. The van der Waals surface area contributed by atoms with Crippen molar-refractivity contribution in [3.05, 3.63) is 82.9 Å². The third-order valence-electron chi connectivity index (χ3n) is 3.28. The summed E-state index contributed by atoms with van der Waals surface area (Å²) in [4.78, 5) is 0. The van der Waals surface area contributed by atoms with Gasteiger partial charge in [-0.15, -0.1) is 0 Å². The molecule has 1 atom stereocenters. The van der Waals surface area contributed by atoms with Gasteiger partial charge in [0.25, 0.3) is 0 Å². The van der Waals surface area contributed by atoms with Crippen LogP contribution < -0.4 is 0 Å². The first-order valence-electron chi connectivity index (χ1n) is 6.17. The smallest absolute Gasteiger partial charge is 0.105 e. The SMILES string of the molecule is O[C@@H](c1cccc(Cl)c1)c1cccc2ccccc12. The number of hydrogen-bond acceptors (Lipinski definition) is 1. The van der Waals surface area contributed by atoms with E-state index in [9.17, 15) is 5.11 Å². The van der Waals surface area contributed by atoms with E-state index >= 15 is 0 Å². The van der Waals surface area contributed by atoms with Gasteiger partial charge in [0.1, 0.15) is 6.10 Å². The van der Waals surface area contributed by atoms with Crippen molar-refractivity contribution in [2.45, 2.75) is 6.10 Å². The highest BCUT2D eigenvalue weighted by Gasteiger charge is 2.13. The van der Waals surface area contributed by atoms with Crippen molar-refractivity contribution >= 4 is 22.4 Å². The first-order chi connectivity index (χ1) is 9.25. The number of aliphatic hydroxyl groups excluding tert-OH is 1. The number of hydrogen-bond donors (Lipinski definition) is 1. The predicted octanol–water partition coefficient (Wildman–Crippen LogP) is 4.57. The zero-order chi connectivity index (χ0) is 13.2. The van der Waals surface area contributed by atoms with E-state index in [1.807, 2.05) is 54.6 Å². The lowest BCUT2D eigenvalue weighted by Gasteiger charge is -2.14. The van der Waals surface area contributed by atoms with Crippen LogP contribution in [0.5, 0.6) is 0 Å². The predicted molar refractivity (Wildman–Crippen MR) is 79.5 cm³/mol. The van der Waals surface area contributed by atoms with E-state index in [0.29, 0.717) is 5.02 Å². The summed E-state index contributed by atoms with van der Waals surface area (Å²) in [6.45, 7) is 0. The zero-order valence-corrected chi connectivity index (χ0v) is 11.0. The lowest BCUT2D eigenvalue weighted by molar-refractivity contribution is 0.222. The standard InChI is InChI=1S/C17H13ClO/c18-14-8-3-7-13(11-14)17(19)16-10-4-6-12-5-1-2-9-15(12)16/h1-11,17,19H/t17-/m0/s1. The molecule has 0 spiro atoms. The molecule has 0 aliphatic rings. The maximum Gasteiger partial charge on any atom is 0.105 e. The molecule has 0 aliphatic carbocycles. The molecule has 0 unspecified atom stereocenters. The topological polar surface area (TPSA) is 20.2 Å². The number of fused-ring (bicyclic) bond motifs is 1. The van der Waals surface area contributed by atoms with Crippen LogP contribution in [0.15, 0.2) is 66.7 Å². The number of rotatable bonds is 2. The fourth-order valence-corrected chi connectivity index (χ4v) is 2.54. The van der Waals surface area contributed by atoms with Crippen LogP contribution in [-0.2, 0) is 0 Å². The van der Waals surface area contributed by atoms with Crippen molar-refractivity contribution in [3.63, 3.8) is 0 Å². The van der Waals surface area contributed by atoms with Gasteiger partial charge in [0, 0.05) is 5.02 Å². The van der Waals surface area contributed by atoms with Crippen molar-refractivity contribution in [1.82, 2.24) is 0 Å². The molecule has 19 heavy (non-hydrogen) atoms. The molecule has 0 aliphatic heterocycles. The van der Waals surface area contributed by atoms with E-state index in [1.54, 1.807) is 12.1 Å². The molecule has 0 saturated heterocycles. The summed E-state index contributed by atoms with van der Waals surface area (Å²) in [5.41, 5.74) is 1.71. The average Bonchev–Trinajstić information content (AvgIpc) is 2.46. The summed E-state index contributed by atoms with van der Waals surface area (Å²) in [7, 11) is 0. The molecule has 0 heterocycles. The van der Waals surface area contributed by atoms with Crippen LogP contribution in [0, 0.1) is 0 Å². The Bertz CT molecular complexity index is 716. The largest absolute Gasteiger partial charge is 0.384 e. The van der Waals surface area contributed by atoms with Gasteiger partial charge in [0.05, 0.1) is 0 Å². The summed E-state index contributed by atoms with van der Waals surface area (Å²) in [5.74, 6) is 0. The van der Waals surface area contributed by atoms with E-state index in [1.165, 1.54) is 0 Å².